The minimum atomic E-state index is -0.726. The number of aliphatic carboxylic acids is 1. The quantitative estimate of drug-likeness (QED) is 0.749. The third kappa shape index (κ3) is 5.08. The highest BCUT2D eigenvalue weighted by Gasteiger charge is 2.36. The average Bonchev–Trinajstić information content (AvgIpc) is 3.18. The van der Waals surface area contributed by atoms with Crippen LogP contribution in [0.4, 0.5) is 0 Å². The van der Waals surface area contributed by atoms with Crippen molar-refractivity contribution in [1.82, 2.24) is 10.2 Å². The molecule has 126 valence electrons. The highest BCUT2D eigenvalue weighted by Crippen LogP contribution is 2.33. The van der Waals surface area contributed by atoms with Crippen LogP contribution in [0.2, 0.25) is 10.0 Å². The van der Waals surface area contributed by atoms with Crippen LogP contribution in [0.5, 0.6) is 0 Å². The van der Waals surface area contributed by atoms with E-state index in [9.17, 15) is 4.79 Å². The van der Waals surface area contributed by atoms with Crippen LogP contribution in [0.25, 0.3) is 0 Å². The second-order valence-corrected chi connectivity index (χ2v) is 7.62. The van der Waals surface area contributed by atoms with Crippen LogP contribution in [0, 0.1) is 5.92 Å². The Hall–Kier alpha value is -0.810. The van der Waals surface area contributed by atoms with Crippen LogP contribution in [0.15, 0.2) is 18.2 Å². The molecule has 0 bridgehead atoms. The van der Waals surface area contributed by atoms with Gasteiger partial charge in [0.05, 0.1) is 6.54 Å². The van der Waals surface area contributed by atoms with E-state index in [4.69, 9.17) is 28.3 Å². The minimum Gasteiger partial charge on any atom is -0.480 e. The Kier molecular flexibility index (Phi) is 5.47. The van der Waals surface area contributed by atoms with Crippen LogP contribution < -0.4 is 5.32 Å². The van der Waals surface area contributed by atoms with E-state index in [1.54, 1.807) is 6.07 Å². The van der Waals surface area contributed by atoms with Crippen LogP contribution in [0.1, 0.15) is 31.2 Å². The first kappa shape index (κ1) is 17.0. The Morgan fingerprint density at radius 3 is 2.43 bits per heavy atom. The van der Waals surface area contributed by atoms with E-state index in [0.717, 1.165) is 37.4 Å². The fraction of sp³-hybridized carbons (Fsp3) is 0.588. The van der Waals surface area contributed by atoms with Crippen molar-refractivity contribution < 1.29 is 9.90 Å². The minimum absolute atomic E-state index is 0.164. The van der Waals surface area contributed by atoms with Crippen molar-refractivity contribution >= 4 is 29.2 Å². The normalized spacial score (nSPS) is 23.8. The zero-order chi connectivity index (χ0) is 16.4. The molecule has 1 aromatic carbocycles. The summed E-state index contributed by atoms with van der Waals surface area (Å²) in [4.78, 5) is 13.2. The molecule has 2 N–H and O–H groups in total. The van der Waals surface area contributed by atoms with Gasteiger partial charge in [-0.25, -0.2) is 0 Å². The van der Waals surface area contributed by atoms with E-state index in [-0.39, 0.29) is 6.54 Å². The summed E-state index contributed by atoms with van der Waals surface area (Å²) in [7, 11) is 0. The van der Waals surface area contributed by atoms with Crippen LogP contribution in [0.3, 0.4) is 0 Å². The lowest BCUT2D eigenvalue weighted by Gasteiger charge is -2.43. The summed E-state index contributed by atoms with van der Waals surface area (Å²) in [5, 5.41) is 13.9. The molecule has 1 aromatic rings. The van der Waals surface area contributed by atoms with Gasteiger partial charge in [0.1, 0.15) is 0 Å². The van der Waals surface area contributed by atoms with E-state index in [1.807, 2.05) is 12.1 Å². The van der Waals surface area contributed by atoms with Gasteiger partial charge < -0.3 is 10.4 Å². The summed E-state index contributed by atoms with van der Waals surface area (Å²) in [6.45, 7) is 1.84. The molecule has 0 aromatic heterocycles. The van der Waals surface area contributed by atoms with Crippen LogP contribution in [-0.2, 0) is 11.3 Å². The molecular weight excluding hydrogens is 335 g/mol. The fourth-order valence-electron chi connectivity index (χ4n) is 3.18. The third-order valence-corrected chi connectivity index (χ3v) is 5.11. The smallest absolute Gasteiger partial charge is 0.317 e. The standard InChI is InChI=1S/C17H22Cl2N2O2/c18-13-3-12(4-14(19)5-13)8-20-15-6-16(7-15)21(10-17(22)23)9-11-1-2-11/h3-5,11,15-16,20H,1-2,6-10H2,(H,22,23). The van der Waals surface area contributed by atoms with Crippen molar-refractivity contribution in [2.75, 3.05) is 13.1 Å². The molecule has 6 heteroatoms. The van der Waals surface area contributed by atoms with Crippen molar-refractivity contribution in [3.8, 4) is 0 Å². The lowest BCUT2D eigenvalue weighted by Crippen LogP contribution is -2.54. The Labute approximate surface area is 146 Å². The van der Waals surface area contributed by atoms with Gasteiger partial charge in [0.15, 0.2) is 0 Å². The van der Waals surface area contributed by atoms with E-state index in [0.29, 0.717) is 22.1 Å². The highest BCUT2D eigenvalue weighted by atomic mass is 35.5. The molecule has 4 nitrogen and oxygen atoms in total. The van der Waals surface area contributed by atoms with Crippen molar-refractivity contribution in [3.05, 3.63) is 33.8 Å². The summed E-state index contributed by atoms with van der Waals surface area (Å²) in [5.41, 5.74) is 1.08. The zero-order valence-corrected chi connectivity index (χ0v) is 14.5. The fourth-order valence-corrected chi connectivity index (χ4v) is 3.75. The molecule has 2 fully saturated rings. The van der Waals surface area contributed by atoms with Gasteiger partial charge in [0.2, 0.25) is 0 Å². The Bertz CT molecular complexity index is 551. The lowest BCUT2D eigenvalue weighted by molar-refractivity contribution is -0.139. The maximum absolute atomic E-state index is 11.0. The Morgan fingerprint density at radius 1 is 1.22 bits per heavy atom. The number of carboxylic acid groups (broad SMARTS) is 1. The second-order valence-electron chi connectivity index (χ2n) is 6.75. The number of nitrogens with zero attached hydrogens (tertiary/aromatic N) is 1. The monoisotopic (exact) mass is 356 g/mol. The average molecular weight is 357 g/mol. The van der Waals surface area contributed by atoms with Gasteiger partial charge in [-0.15, -0.1) is 0 Å². The number of halogens is 2. The number of benzene rings is 1. The first-order valence-electron chi connectivity index (χ1n) is 8.14. The van der Waals surface area contributed by atoms with Gasteiger partial charge in [-0.05, 0) is 55.4 Å². The highest BCUT2D eigenvalue weighted by molar-refractivity contribution is 6.34. The largest absolute Gasteiger partial charge is 0.480 e. The number of rotatable bonds is 8. The van der Waals surface area contributed by atoms with E-state index in [2.05, 4.69) is 10.2 Å². The Balaban J connectivity index is 1.44. The second kappa shape index (κ2) is 7.39. The van der Waals surface area contributed by atoms with Gasteiger partial charge >= 0.3 is 5.97 Å². The van der Waals surface area contributed by atoms with Crippen molar-refractivity contribution in [1.29, 1.82) is 0 Å². The number of hydrogen-bond donors (Lipinski definition) is 2. The van der Waals surface area contributed by atoms with Crippen molar-refractivity contribution in [3.63, 3.8) is 0 Å². The van der Waals surface area contributed by atoms with Crippen molar-refractivity contribution in [2.45, 2.75) is 44.3 Å². The van der Waals surface area contributed by atoms with E-state index >= 15 is 0 Å². The lowest BCUT2D eigenvalue weighted by atomic mass is 9.85. The maximum Gasteiger partial charge on any atom is 0.317 e. The summed E-state index contributed by atoms with van der Waals surface area (Å²) >= 11 is 12.0. The molecule has 2 saturated carbocycles. The summed E-state index contributed by atoms with van der Waals surface area (Å²) in [6, 6.07) is 6.40. The molecule has 23 heavy (non-hydrogen) atoms. The predicted octanol–water partition coefficient (Wildman–Crippen LogP) is 3.41. The topological polar surface area (TPSA) is 52.6 Å². The van der Waals surface area contributed by atoms with Gasteiger partial charge in [-0.2, -0.15) is 0 Å². The summed E-state index contributed by atoms with van der Waals surface area (Å²) in [6.07, 6.45) is 4.52. The third-order valence-electron chi connectivity index (χ3n) is 4.67. The van der Waals surface area contributed by atoms with Crippen LogP contribution in [-0.4, -0.2) is 41.1 Å². The summed E-state index contributed by atoms with van der Waals surface area (Å²) < 4.78 is 0. The molecule has 0 radical (unpaired) electrons. The molecule has 3 rings (SSSR count). The number of carbonyl (C=O) groups is 1. The molecule has 0 saturated heterocycles. The van der Waals surface area contributed by atoms with Gasteiger partial charge in [-0.3, -0.25) is 9.69 Å². The molecule has 2 aliphatic rings. The van der Waals surface area contributed by atoms with E-state index in [1.165, 1.54) is 12.8 Å². The first-order valence-corrected chi connectivity index (χ1v) is 8.89. The van der Waals surface area contributed by atoms with Gasteiger partial charge in [-0.1, -0.05) is 23.2 Å². The Morgan fingerprint density at radius 2 is 1.87 bits per heavy atom. The SMILES string of the molecule is O=C(O)CN(CC1CC1)C1CC(NCc2cc(Cl)cc(Cl)c2)C1. The maximum atomic E-state index is 11.0. The summed E-state index contributed by atoms with van der Waals surface area (Å²) in [5.74, 6) is -0.00871. The van der Waals surface area contributed by atoms with Crippen LogP contribution >= 0.6 is 23.2 Å². The molecule has 2 aliphatic carbocycles. The number of carboxylic acids is 1. The molecule has 0 spiro atoms. The molecular formula is C17H22Cl2N2O2. The first-order chi connectivity index (χ1) is 11.0. The molecule has 0 atom stereocenters. The molecule has 0 unspecified atom stereocenters. The zero-order valence-electron chi connectivity index (χ0n) is 13.0. The molecule has 0 heterocycles. The van der Waals surface area contributed by atoms with Gasteiger partial charge in [0.25, 0.3) is 0 Å². The van der Waals surface area contributed by atoms with Gasteiger partial charge in [0, 0.05) is 35.2 Å². The molecule has 0 aliphatic heterocycles. The number of nitrogens with one attached hydrogen (secondary N) is 1. The number of hydrogen-bond acceptors (Lipinski definition) is 3. The van der Waals surface area contributed by atoms with E-state index < -0.39 is 5.97 Å². The predicted molar refractivity (Wildman–Crippen MR) is 92.0 cm³/mol. The molecule has 0 amide bonds. The van der Waals surface area contributed by atoms with Crippen molar-refractivity contribution in [2.24, 2.45) is 5.92 Å².